The Morgan fingerprint density at radius 3 is 2.75 bits per heavy atom. The van der Waals surface area contributed by atoms with Gasteiger partial charge in [-0.1, -0.05) is 34.1 Å². The molecule has 2 nitrogen and oxygen atoms in total. The number of aryl methyl sites for hydroxylation is 1. The molecule has 0 unspecified atom stereocenters. The fourth-order valence-corrected chi connectivity index (χ4v) is 2.96. The predicted octanol–water partition coefficient (Wildman–Crippen LogP) is 4.88. The molecule has 0 saturated heterocycles. The Labute approximate surface area is 131 Å². The van der Waals surface area contributed by atoms with Crippen LogP contribution in [0.4, 0.5) is 0 Å². The van der Waals surface area contributed by atoms with Crippen LogP contribution < -0.4 is 0 Å². The number of alkyl halides is 1. The molecule has 0 aliphatic heterocycles. The number of halogens is 2. The van der Waals surface area contributed by atoms with E-state index in [9.17, 15) is 0 Å². The van der Waals surface area contributed by atoms with Crippen LogP contribution in [0.15, 0.2) is 46.9 Å². The summed E-state index contributed by atoms with van der Waals surface area (Å²) in [5, 5.41) is 0. The first-order valence-electron chi connectivity index (χ1n) is 6.50. The van der Waals surface area contributed by atoms with Crippen molar-refractivity contribution < 1.29 is 0 Å². The predicted molar refractivity (Wildman–Crippen MR) is 87.9 cm³/mol. The first kappa shape index (κ1) is 13.7. The van der Waals surface area contributed by atoms with Gasteiger partial charge >= 0.3 is 0 Å². The molecule has 102 valence electrons. The molecule has 0 N–H and O–H groups in total. The summed E-state index contributed by atoms with van der Waals surface area (Å²) in [7, 11) is 0. The number of hydrogen-bond acceptors (Lipinski definition) is 1. The van der Waals surface area contributed by atoms with Crippen molar-refractivity contribution in [1.82, 2.24) is 9.55 Å². The van der Waals surface area contributed by atoms with Crippen molar-refractivity contribution in [3.05, 3.63) is 58.3 Å². The van der Waals surface area contributed by atoms with Crippen molar-refractivity contribution in [2.45, 2.75) is 13.3 Å². The second kappa shape index (κ2) is 5.58. The third kappa shape index (κ3) is 2.25. The molecule has 0 spiro atoms. The summed E-state index contributed by atoms with van der Waals surface area (Å²) in [6, 6.07) is 14.4. The molecule has 20 heavy (non-hydrogen) atoms. The van der Waals surface area contributed by atoms with E-state index >= 15 is 0 Å². The second-order valence-corrected chi connectivity index (χ2v) is 5.91. The average molecular weight is 350 g/mol. The maximum absolute atomic E-state index is 5.93. The third-order valence-corrected chi connectivity index (χ3v) is 4.48. The largest absolute Gasteiger partial charge is 0.296 e. The lowest BCUT2D eigenvalue weighted by molar-refractivity contribution is 0.906. The van der Waals surface area contributed by atoms with Crippen molar-refractivity contribution in [1.29, 1.82) is 0 Å². The minimum atomic E-state index is 0.566. The van der Waals surface area contributed by atoms with Crippen LogP contribution in [0.25, 0.3) is 16.7 Å². The maximum Gasteiger partial charge on any atom is 0.115 e. The van der Waals surface area contributed by atoms with Crippen LogP contribution in [0.3, 0.4) is 0 Å². The highest BCUT2D eigenvalue weighted by molar-refractivity contribution is 9.10. The molecular weight excluding hydrogens is 336 g/mol. The quantitative estimate of drug-likeness (QED) is 0.616. The molecule has 1 heterocycles. The lowest BCUT2D eigenvalue weighted by Crippen LogP contribution is -2.04. The van der Waals surface area contributed by atoms with E-state index in [2.05, 4.69) is 45.6 Å². The summed E-state index contributed by atoms with van der Waals surface area (Å²) in [6.07, 6.45) is 0.752. The number of para-hydroxylation sites is 2. The van der Waals surface area contributed by atoms with E-state index in [1.54, 1.807) is 0 Å². The highest BCUT2D eigenvalue weighted by Crippen LogP contribution is 2.28. The van der Waals surface area contributed by atoms with E-state index in [1.807, 2.05) is 24.3 Å². The molecule has 0 fully saturated rings. The smallest absolute Gasteiger partial charge is 0.115 e. The Kier molecular flexibility index (Phi) is 3.81. The summed E-state index contributed by atoms with van der Waals surface area (Å²) < 4.78 is 3.31. The molecule has 2 aromatic carbocycles. The monoisotopic (exact) mass is 348 g/mol. The number of imidazole rings is 1. The van der Waals surface area contributed by atoms with Gasteiger partial charge in [-0.15, -0.1) is 11.6 Å². The molecule has 0 aliphatic carbocycles. The molecule has 0 aliphatic rings. The molecule has 3 aromatic rings. The molecule has 0 amide bonds. The highest BCUT2D eigenvalue weighted by atomic mass is 79.9. The van der Waals surface area contributed by atoms with Crippen LogP contribution in [-0.4, -0.2) is 15.4 Å². The first-order chi connectivity index (χ1) is 9.72. The fraction of sp³-hybridized carbons (Fsp3) is 0.188. The lowest BCUT2D eigenvalue weighted by Gasteiger charge is -2.12. The zero-order chi connectivity index (χ0) is 14.1. The Morgan fingerprint density at radius 1 is 1.15 bits per heavy atom. The van der Waals surface area contributed by atoms with Gasteiger partial charge in [-0.25, -0.2) is 4.98 Å². The van der Waals surface area contributed by atoms with Crippen molar-refractivity contribution in [3.63, 3.8) is 0 Å². The number of rotatable bonds is 3. The molecule has 3 rings (SSSR count). The summed E-state index contributed by atoms with van der Waals surface area (Å²) in [5.74, 6) is 1.57. The first-order valence-corrected chi connectivity index (χ1v) is 7.83. The van der Waals surface area contributed by atoms with Gasteiger partial charge in [0.15, 0.2) is 0 Å². The van der Waals surface area contributed by atoms with Crippen molar-refractivity contribution in [2.24, 2.45) is 0 Å². The minimum absolute atomic E-state index is 0.566. The number of nitrogens with zero attached hydrogens (tertiary/aromatic N) is 2. The summed E-state index contributed by atoms with van der Waals surface area (Å²) in [4.78, 5) is 4.71. The Morgan fingerprint density at radius 2 is 1.95 bits per heavy atom. The minimum Gasteiger partial charge on any atom is -0.296 e. The highest BCUT2D eigenvalue weighted by Gasteiger charge is 2.14. The van der Waals surface area contributed by atoms with Crippen LogP contribution >= 0.6 is 27.5 Å². The Bertz CT molecular complexity index is 764. The fourth-order valence-electron chi connectivity index (χ4n) is 2.44. The van der Waals surface area contributed by atoms with Gasteiger partial charge in [0.2, 0.25) is 0 Å². The van der Waals surface area contributed by atoms with Gasteiger partial charge in [0.05, 0.1) is 16.7 Å². The molecule has 0 bridgehead atoms. The van der Waals surface area contributed by atoms with Crippen LogP contribution in [0.1, 0.15) is 11.4 Å². The Hall–Kier alpha value is -1.32. The molecule has 0 atom stereocenters. The van der Waals surface area contributed by atoms with Gasteiger partial charge in [0, 0.05) is 16.8 Å². The van der Waals surface area contributed by atoms with Crippen LogP contribution in [0.2, 0.25) is 0 Å². The summed E-state index contributed by atoms with van der Waals surface area (Å²) in [6.45, 7) is 2.11. The lowest BCUT2D eigenvalue weighted by atomic mass is 10.2. The topological polar surface area (TPSA) is 17.8 Å². The van der Waals surface area contributed by atoms with E-state index < -0.39 is 0 Å². The average Bonchev–Trinajstić information content (AvgIpc) is 2.80. The van der Waals surface area contributed by atoms with Crippen LogP contribution in [0.5, 0.6) is 0 Å². The van der Waals surface area contributed by atoms with Crippen molar-refractivity contribution in [3.8, 4) is 5.69 Å². The van der Waals surface area contributed by atoms with E-state index in [0.717, 1.165) is 33.4 Å². The Balaban J connectivity index is 2.33. The van der Waals surface area contributed by atoms with Gasteiger partial charge in [0.25, 0.3) is 0 Å². The van der Waals surface area contributed by atoms with Gasteiger partial charge in [-0.05, 0) is 36.8 Å². The van der Waals surface area contributed by atoms with Crippen LogP contribution in [-0.2, 0) is 6.42 Å². The van der Waals surface area contributed by atoms with E-state index in [-0.39, 0.29) is 0 Å². The molecule has 0 radical (unpaired) electrons. The molecule has 1 aromatic heterocycles. The number of benzene rings is 2. The van der Waals surface area contributed by atoms with Crippen molar-refractivity contribution in [2.75, 3.05) is 5.88 Å². The van der Waals surface area contributed by atoms with Gasteiger partial charge in [-0.2, -0.15) is 0 Å². The van der Waals surface area contributed by atoms with Gasteiger partial charge < -0.3 is 0 Å². The summed E-state index contributed by atoms with van der Waals surface area (Å²) >= 11 is 9.53. The molecule has 4 heteroatoms. The molecule has 0 saturated carbocycles. The zero-order valence-corrected chi connectivity index (χ0v) is 13.4. The van der Waals surface area contributed by atoms with Crippen LogP contribution in [0, 0.1) is 6.92 Å². The van der Waals surface area contributed by atoms with E-state index in [1.165, 1.54) is 5.56 Å². The second-order valence-electron chi connectivity index (χ2n) is 4.68. The maximum atomic E-state index is 5.93. The SMILES string of the molecule is Cc1c(Br)cccc1-n1c(CCCl)nc2ccccc21. The standard InChI is InChI=1S/C16H14BrClN2/c1-11-12(17)5-4-8-14(11)20-15-7-3-2-6-13(15)19-16(20)9-10-18/h2-8H,9-10H2,1H3. The number of fused-ring (bicyclic) bond motifs is 1. The van der Waals surface area contributed by atoms with Gasteiger partial charge in [0.1, 0.15) is 5.82 Å². The third-order valence-electron chi connectivity index (χ3n) is 3.43. The van der Waals surface area contributed by atoms with E-state index in [4.69, 9.17) is 16.6 Å². The number of aromatic nitrogens is 2. The van der Waals surface area contributed by atoms with Gasteiger partial charge in [-0.3, -0.25) is 4.57 Å². The molecular formula is C16H14BrClN2. The van der Waals surface area contributed by atoms with Crippen molar-refractivity contribution >= 4 is 38.6 Å². The number of hydrogen-bond donors (Lipinski definition) is 0. The van der Waals surface area contributed by atoms with E-state index in [0.29, 0.717) is 5.88 Å². The zero-order valence-electron chi connectivity index (χ0n) is 11.1. The normalized spacial score (nSPS) is 11.2. The summed E-state index contributed by atoms with van der Waals surface area (Å²) in [5.41, 5.74) is 4.47.